The fraction of sp³-hybridized carbons (Fsp3) is 0.909. The Morgan fingerprint density at radius 2 is 1.69 bits per heavy atom. The van der Waals surface area contributed by atoms with Gasteiger partial charge in [0, 0.05) is 11.5 Å². The van der Waals surface area contributed by atoms with Crippen molar-refractivity contribution in [3.63, 3.8) is 0 Å². The van der Waals surface area contributed by atoms with Crippen LogP contribution in [-0.4, -0.2) is 17.9 Å². The van der Waals surface area contributed by atoms with E-state index in [2.05, 4.69) is 33.0 Å². The van der Waals surface area contributed by atoms with E-state index in [1.165, 1.54) is 0 Å². The van der Waals surface area contributed by atoms with Gasteiger partial charge in [-0.1, -0.05) is 27.7 Å². The number of nitrogens with one attached hydrogen (secondary N) is 1. The maximum absolute atomic E-state index is 11.3. The van der Waals surface area contributed by atoms with Gasteiger partial charge in [0.15, 0.2) is 0 Å². The van der Waals surface area contributed by atoms with Gasteiger partial charge >= 0.3 is 0 Å². The molecular formula is C11H23NO. The Kier molecular flexibility index (Phi) is 4.62. The second-order valence-electron chi connectivity index (χ2n) is 4.85. The summed E-state index contributed by atoms with van der Waals surface area (Å²) in [5.41, 5.74) is 0.0462. The largest absolute Gasteiger partial charge is 0.305 e. The Hall–Kier alpha value is -0.370. The molecule has 0 aliphatic heterocycles. The van der Waals surface area contributed by atoms with Crippen molar-refractivity contribution < 1.29 is 4.79 Å². The summed E-state index contributed by atoms with van der Waals surface area (Å²) in [6.45, 7) is 12.9. The molecule has 0 bridgehead atoms. The third-order valence-corrected chi connectivity index (χ3v) is 2.81. The van der Waals surface area contributed by atoms with E-state index in [9.17, 15) is 4.79 Å². The Morgan fingerprint density at radius 1 is 1.23 bits per heavy atom. The SMILES string of the molecule is CC(C)C(=O)CNC(C)(C)C(C)C. The molecule has 0 amide bonds. The van der Waals surface area contributed by atoms with E-state index in [0.717, 1.165) is 0 Å². The molecule has 0 aliphatic carbocycles. The van der Waals surface area contributed by atoms with Crippen LogP contribution in [-0.2, 0) is 4.79 Å². The minimum absolute atomic E-state index is 0.0462. The van der Waals surface area contributed by atoms with E-state index in [1.807, 2.05) is 13.8 Å². The monoisotopic (exact) mass is 185 g/mol. The lowest BCUT2D eigenvalue weighted by Gasteiger charge is -2.30. The third-order valence-electron chi connectivity index (χ3n) is 2.81. The molecule has 0 atom stereocenters. The molecule has 0 spiro atoms. The fourth-order valence-corrected chi connectivity index (χ4v) is 0.723. The van der Waals surface area contributed by atoms with Crippen molar-refractivity contribution in [1.82, 2.24) is 5.32 Å². The molecule has 0 radical (unpaired) electrons. The maximum Gasteiger partial charge on any atom is 0.149 e. The Morgan fingerprint density at radius 3 is 2.00 bits per heavy atom. The van der Waals surface area contributed by atoms with Crippen molar-refractivity contribution in [3.05, 3.63) is 0 Å². The highest BCUT2D eigenvalue weighted by molar-refractivity contribution is 5.82. The number of ketones is 1. The van der Waals surface area contributed by atoms with Gasteiger partial charge in [0.1, 0.15) is 5.78 Å². The van der Waals surface area contributed by atoms with Crippen LogP contribution in [0, 0.1) is 11.8 Å². The molecule has 2 heteroatoms. The molecule has 0 saturated carbocycles. The van der Waals surface area contributed by atoms with Crippen LogP contribution in [0.1, 0.15) is 41.5 Å². The number of rotatable bonds is 5. The molecule has 0 saturated heterocycles. The normalized spacial score (nSPS) is 12.6. The molecular weight excluding hydrogens is 162 g/mol. The zero-order valence-electron chi connectivity index (χ0n) is 9.77. The zero-order chi connectivity index (χ0) is 10.6. The van der Waals surface area contributed by atoms with Crippen molar-refractivity contribution in [2.75, 3.05) is 6.54 Å². The van der Waals surface area contributed by atoms with Gasteiger partial charge in [0.2, 0.25) is 0 Å². The van der Waals surface area contributed by atoms with E-state index in [1.54, 1.807) is 0 Å². The molecule has 0 heterocycles. The molecule has 1 N–H and O–H groups in total. The number of carbonyl (C=O) groups is 1. The number of hydrogen-bond donors (Lipinski definition) is 1. The maximum atomic E-state index is 11.3. The van der Waals surface area contributed by atoms with Gasteiger partial charge < -0.3 is 5.32 Å². The van der Waals surface area contributed by atoms with E-state index in [4.69, 9.17) is 0 Å². The average molecular weight is 185 g/mol. The highest BCUT2D eigenvalue weighted by Gasteiger charge is 2.22. The van der Waals surface area contributed by atoms with Crippen molar-refractivity contribution in [2.24, 2.45) is 11.8 Å². The van der Waals surface area contributed by atoms with E-state index in [-0.39, 0.29) is 17.2 Å². The van der Waals surface area contributed by atoms with Crippen LogP contribution in [0.5, 0.6) is 0 Å². The van der Waals surface area contributed by atoms with Gasteiger partial charge in [0.05, 0.1) is 6.54 Å². The van der Waals surface area contributed by atoms with Crippen molar-refractivity contribution in [2.45, 2.75) is 47.1 Å². The molecule has 0 aromatic heterocycles. The number of Topliss-reactive ketones (excluding diaryl/α,β-unsaturated/α-hetero) is 1. The molecule has 0 unspecified atom stereocenters. The van der Waals surface area contributed by atoms with Gasteiger partial charge in [-0.05, 0) is 19.8 Å². The highest BCUT2D eigenvalue weighted by Crippen LogP contribution is 2.14. The topological polar surface area (TPSA) is 29.1 Å². The van der Waals surface area contributed by atoms with Crippen molar-refractivity contribution in [3.8, 4) is 0 Å². The first-order valence-corrected chi connectivity index (χ1v) is 5.05. The van der Waals surface area contributed by atoms with Crippen LogP contribution in [0.2, 0.25) is 0 Å². The summed E-state index contributed by atoms with van der Waals surface area (Å²) in [5, 5.41) is 3.29. The lowest BCUT2D eigenvalue weighted by Crippen LogP contribution is -2.46. The molecule has 78 valence electrons. The van der Waals surface area contributed by atoms with Crippen LogP contribution in [0.25, 0.3) is 0 Å². The summed E-state index contributed by atoms with van der Waals surface area (Å²) in [6.07, 6.45) is 0. The second kappa shape index (κ2) is 4.75. The van der Waals surface area contributed by atoms with Gasteiger partial charge in [-0.15, -0.1) is 0 Å². The third kappa shape index (κ3) is 4.41. The van der Waals surface area contributed by atoms with Crippen LogP contribution in [0.15, 0.2) is 0 Å². The molecule has 0 aromatic carbocycles. The van der Waals surface area contributed by atoms with Crippen LogP contribution in [0.4, 0.5) is 0 Å². The Labute approximate surface area is 82.1 Å². The van der Waals surface area contributed by atoms with E-state index < -0.39 is 0 Å². The van der Waals surface area contributed by atoms with E-state index in [0.29, 0.717) is 12.5 Å². The zero-order valence-corrected chi connectivity index (χ0v) is 9.77. The summed E-state index contributed by atoms with van der Waals surface area (Å²) < 4.78 is 0. The second-order valence-corrected chi connectivity index (χ2v) is 4.85. The molecule has 0 aromatic rings. The van der Waals surface area contributed by atoms with Crippen molar-refractivity contribution >= 4 is 5.78 Å². The van der Waals surface area contributed by atoms with Gasteiger partial charge in [-0.3, -0.25) is 4.79 Å². The average Bonchev–Trinajstić information content (AvgIpc) is 1.99. The molecule has 0 rings (SSSR count). The number of carbonyl (C=O) groups excluding carboxylic acids is 1. The molecule has 0 aliphatic rings. The Balaban J connectivity index is 3.95. The molecule has 2 nitrogen and oxygen atoms in total. The van der Waals surface area contributed by atoms with Crippen molar-refractivity contribution in [1.29, 1.82) is 0 Å². The van der Waals surface area contributed by atoms with Gasteiger partial charge in [-0.2, -0.15) is 0 Å². The first-order chi connectivity index (χ1) is 5.77. The summed E-state index contributed by atoms with van der Waals surface area (Å²) in [4.78, 5) is 11.3. The van der Waals surface area contributed by atoms with Crippen LogP contribution < -0.4 is 5.32 Å². The van der Waals surface area contributed by atoms with Crippen LogP contribution >= 0.6 is 0 Å². The standard InChI is InChI=1S/C11H23NO/c1-8(2)10(13)7-12-11(5,6)9(3)4/h8-9,12H,7H2,1-6H3. The summed E-state index contributed by atoms with van der Waals surface area (Å²) in [7, 11) is 0. The lowest BCUT2D eigenvalue weighted by atomic mass is 9.90. The van der Waals surface area contributed by atoms with Crippen LogP contribution in [0.3, 0.4) is 0 Å². The summed E-state index contributed by atoms with van der Waals surface area (Å²) in [6, 6.07) is 0. The quantitative estimate of drug-likeness (QED) is 0.711. The predicted octanol–water partition coefficient (Wildman–Crippen LogP) is 2.24. The fourth-order valence-electron chi connectivity index (χ4n) is 0.723. The first kappa shape index (κ1) is 12.6. The predicted molar refractivity (Wildman–Crippen MR) is 56.8 cm³/mol. The summed E-state index contributed by atoms with van der Waals surface area (Å²) >= 11 is 0. The number of hydrogen-bond acceptors (Lipinski definition) is 2. The lowest BCUT2D eigenvalue weighted by molar-refractivity contribution is -0.121. The highest BCUT2D eigenvalue weighted by atomic mass is 16.1. The van der Waals surface area contributed by atoms with Gasteiger partial charge in [0.25, 0.3) is 0 Å². The molecule has 13 heavy (non-hydrogen) atoms. The Bertz CT molecular complexity index is 171. The summed E-state index contributed by atoms with van der Waals surface area (Å²) in [5.74, 6) is 0.955. The minimum Gasteiger partial charge on any atom is -0.305 e. The van der Waals surface area contributed by atoms with E-state index >= 15 is 0 Å². The minimum atomic E-state index is 0.0462. The first-order valence-electron chi connectivity index (χ1n) is 5.05. The molecule has 0 fully saturated rings. The smallest absolute Gasteiger partial charge is 0.149 e. The van der Waals surface area contributed by atoms with Gasteiger partial charge in [-0.25, -0.2) is 0 Å².